The Morgan fingerprint density at radius 3 is 2.18 bits per heavy atom. The van der Waals surface area contributed by atoms with Gasteiger partial charge in [-0.1, -0.05) is 12.1 Å². The van der Waals surface area contributed by atoms with Crippen molar-refractivity contribution in [1.82, 2.24) is 9.80 Å². The van der Waals surface area contributed by atoms with E-state index in [2.05, 4.69) is 0 Å². The zero-order chi connectivity index (χ0) is 24.7. The summed E-state index contributed by atoms with van der Waals surface area (Å²) in [6.07, 6.45) is 0.732. The maximum Gasteiger partial charge on any atom is 0.264 e. The van der Waals surface area contributed by atoms with Gasteiger partial charge in [-0.15, -0.1) is 0 Å². The number of hydrogen-bond acceptors (Lipinski definition) is 6. The number of carbonyl (C=O) groups excluding carboxylic acids is 2. The fourth-order valence-corrected chi connectivity index (χ4v) is 4.89. The Bertz CT molecular complexity index is 1090. The first-order valence-electron chi connectivity index (χ1n) is 11.1. The molecule has 0 bridgehead atoms. The molecule has 2 aromatic carbocycles. The molecule has 0 unspecified atom stereocenters. The number of rotatable bonds is 8. The smallest absolute Gasteiger partial charge is 0.264 e. The van der Waals surface area contributed by atoms with Crippen LogP contribution in [0.1, 0.15) is 18.9 Å². The molecule has 2 amide bonds. The molecule has 1 heterocycles. The highest BCUT2D eigenvalue weighted by molar-refractivity contribution is 7.92. The Kier molecular flexibility index (Phi) is 8.51. The van der Waals surface area contributed by atoms with Crippen LogP contribution in [0.5, 0.6) is 5.75 Å². The summed E-state index contributed by atoms with van der Waals surface area (Å²) in [5.74, 6) is 0.332. The average molecular weight is 490 g/mol. The molecule has 0 aliphatic carbocycles. The van der Waals surface area contributed by atoms with E-state index >= 15 is 0 Å². The summed E-state index contributed by atoms with van der Waals surface area (Å²) in [6, 6.07) is 13.1. The third-order valence-corrected chi connectivity index (χ3v) is 7.55. The van der Waals surface area contributed by atoms with Gasteiger partial charge >= 0.3 is 0 Å². The van der Waals surface area contributed by atoms with Gasteiger partial charge in [-0.3, -0.25) is 13.9 Å². The van der Waals surface area contributed by atoms with Crippen LogP contribution in [0.25, 0.3) is 0 Å². The van der Waals surface area contributed by atoms with Crippen molar-refractivity contribution in [2.24, 2.45) is 0 Å². The van der Waals surface area contributed by atoms with E-state index in [1.807, 2.05) is 0 Å². The lowest BCUT2D eigenvalue weighted by Crippen LogP contribution is -2.38. The van der Waals surface area contributed by atoms with Crippen LogP contribution in [0.15, 0.2) is 53.4 Å². The molecule has 0 N–H and O–H groups in total. The predicted octanol–water partition coefficient (Wildman–Crippen LogP) is 2.12. The van der Waals surface area contributed by atoms with Gasteiger partial charge in [0.2, 0.25) is 5.91 Å². The Labute approximate surface area is 200 Å². The fraction of sp³-hybridized carbons (Fsp3) is 0.417. The second kappa shape index (κ2) is 11.3. The first kappa shape index (κ1) is 25.5. The van der Waals surface area contributed by atoms with Crippen molar-refractivity contribution in [2.45, 2.75) is 24.8 Å². The summed E-state index contributed by atoms with van der Waals surface area (Å²) < 4.78 is 37.8. The van der Waals surface area contributed by atoms with Crippen LogP contribution in [-0.4, -0.2) is 77.0 Å². The second-order valence-corrected chi connectivity index (χ2v) is 10.0. The number of anilines is 1. The maximum absolute atomic E-state index is 13.0. The Hall–Kier alpha value is -3.11. The Balaban J connectivity index is 1.58. The molecule has 1 fully saturated rings. The van der Waals surface area contributed by atoms with Gasteiger partial charge in [-0.05, 0) is 48.4 Å². The van der Waals surface area contributed by atoms with Crippen molar-refractivity contribution < 1.29 is 27.5 Å². The summed E-state index contributed by atoms with van der Waals surface area (Å²) in [7, 11) is -0.657. The lowest BCUT2D eigenvalue weighted by atomic mass is 10.2. The van der Waals surface area contributed by atoms with Crippen molar-refractivity contribution >= 4 is 27.5 Å². The summed E-state index contributed by atoms with van der Waals surface area (Å²) >= 11 is 0. The molecule has 0 saturated carbocycles. The number of benzene rings is 2. The van der Waals surface area contributed by atoms with Gasteiger partial charge in [0.05, 0.1) is 17.2 Å². The van der Waals surface area contributed by atoms with Crippen molar-refractivity contribution in [3.63, 3.8) is 0 Å². The van der Waals surface area contributed by atoms with E-state index in [0.717, 1.165) is 12.0 Å². The van der Waals surface area contributed by atoms with Crippen LogP contribution in [-0.2, 0) is 31.0 Å². The van der Waals surface area contributed by atoms with E-state index in [0.29, 0.717) is 44.2 Å². The van der Waals surface area contributed by atoms with E-state index in [4.69, 9.17) is 9.47 Å². The number of amides is 2. The van der Waals surface area contributed by atoms with Crippen LogP contribution in [0, 0.1) is 0 Å². The minimum absolute atomic E-state index is 0.0146. The zero-order valence-corrected chi connectivity index (χ0v) is 20.6. The first-order valence-corrected chi connectivity index (χ1v) is 12.5. The molecular weight excluding hydrogens is 458 g/mol. The average Bonchev–Trinajstić information content (AvgIpc) is 3.10. The minimum atomic E-state index is -3.73. The zero-order valence-electron chi connectivity index (χ0n) is 19.8. The lowest BCUT2D eigenvalue weighted by molar-refractivity contribution is -0.134. The molecule has 0 aromatic heterocycles. The van der Waals surface area contributed by atoms with Gasteiger partial charge in [0.1, 0.15) is 5.75 Å². The third-order valence-electron chi connectivity index (χ3n) is 5.75. The number of methoxy groups -OCH3 is 1. The summed E-state index contributed by atoms with van der Waals surface area (Å²) in [5, 5.41) is 0. The molecule has 1 aliphatic heterocycles. The molecule has 9 nitrogen and oxygen atoms in total. The van der Waals surface area contributed by atoms with Gasteiger partial charge in [-0.25, -0.2) is 8.42 Å². The van der Waals surface area contributed by atoms with Crippen molar-refractivity contribution in [1.29, 1.82) is 0 Å². The summed E-state index contributed by atoms with van der Waals surface area (Å²) in [5.41, 5.74) is 1.35. The van der Waals surface area contributed by atoms with Gasteiger partial charge in [0.15, 0.2) is 6.61 Å². The highest BCUT2D eigenvalue weighted by Crippen LogP contribution is 2.25. The number of sulfonamides is 1. The molecule has 3 rings (SSSR count). The molecular formula is C24H31N3O6S. The van der Waals surface area contributed by atoms with Crippen LogP contribution in [0.3, 0.4) is 0 Å². The number of carbonyl (C=O) groups is 2. The molecule has 0 radical (unpaired) electrons. The van der Waals surface area contributed by atoms with Gasteiger partial charge in [0, 0.05) is 47.3 Å². The number of hydrogen-bond donors (Lipinski definition) is 0. The fourth-order valence-electron chi connectivity index (χ4n) is 3.69. The molecule has 10 heteroatoms. The minimum Gasteiger partial charge on any atom is -0.484 e. The van der Waals surface area contributed by atoms with E-state index in [9.17, 15) is 18.0 Å². The van der Waals surface area contributed by atoms with E-state index < -0.39 is 10.0 Å². The highest BCUT2D eigenvalue weighted by Gasteiger charge is 2.22. The molecule has 0 spiro atoms. The summed E-state index contributed by atoms with van der Waals surface area (Å²) in [6.45, 7) is 4.05. The SMILES string of the molecule is COCc1ccc(S(=O)(=O)N(C)c2ccc(OCC(=O)N3CCCN(C(C)=O)CC3)cc2)cc1. The number of ether oxygens (including phenoxy) is 2. The van der Waals surface area contributed by atoms with Crippen LogP contribution in [0.2, 0.25) is 0 Å². The molecule has 34 heavy (non-hydrogen) atoms. The predicted molar refractivity (Wildman–Crippen MR) is 128 cm³/mol. The molecule has 0 atom stereocenters. The highest BCUT2D eigenvalue weighted by atomic mass is 32.2. The van der Waals surface area contributed by atoms with Crippen LogP contribution >= 0.6 is 0 Å². The molecule has 2 aromatic rings. The number of nitrogens with zero attached hydrogens (tertiary/aromatic N) is 3. The van der Waals surface area contributed by atoms with Crippen molar-refractivity contribution in [3.05, 3.63) is 54.1 Å². The topological polar surface area (TPSA) is 96.5 Å². The maximum atomic E-state index is 13.0. The normalized spacial score (nSPS) is 14.4. The largest absolute Gasteiger partial charge is 0.484 e. The second-order valence-electron chi connectivity index (χ2n) is 8.07. The van der Waals surface area contributed by atoms with Gasteiger partial charge in [-0.2, -0.15) is 0 Å². The van der Waals surface area contributed by atoms with Crippen LogP contribution < -0.4 is 9.04 Å². The standard InChI is InChI=1S/C24H31N3O6S/c1-19(28)26-13-4-14-27(16-15-26)24(29)18-33-22-9-7-21(8-10-22)25(2)34(30,31)23-11-5-20(6-12-23)17-32-3/h5-12H,4,13-18H2,1-3H3. The Morgan fingerprint density at radius 1 is 0.941 bits per heavy atom. The van der Waals surface area contributed by atoms with Gasteiger partial charge in [0.25, 0.3) is 15.9 Å². The quantitative estimate of drug-likeness (QED) is 0.564. The van der Waals surface area contributed by atoms with Crippen molar-refractivity contribution in [2.75, 3.05) is 51.2 Å². The molecule has 184 valence electrons. The van der Waals surface area contributed by atoms with E-state index in [-0.39, 0.29) is 23.3 Å². The van der Waals surface area contributed by atoms with Gasteiger partial charge < -0.3 is 19.3 Å². The Morgan fingerprint density at radius 2 is 1.56 bits per heavy atom. The first-order chi connectivity index (χ1) is 16.2. The lowest BCUT2D eigenvalue weighted by Gasteiger charge is -2.22. The third kappa shape index (κ3) is 6.27. The monoisotopic (exact) mass is 489 g/mol. The molecule has 1 aliphatic rings. The van der Waals surface area contributed by atoms with Crippen LogP contribution in [0.4, 0.5) is 5.69 Å². The summed E-state index contributed by atoms with van der Waals surface area (Å²) in [4.78, 5) is 27.7. The van der Waals surface area contributed by atoms with E-state index in [1.165, 1.54) is 18.3 Å². The van der Waals surface area contributed by atoms with Crippen molar-refractivity contribution in [3.8, 4) is 5.75 Å². The molecule has 1 saturated heterocycles. The van der Waals surface area contributed by atoms with E-state index in [1.54, 1.807) is 65.4 Å².